The van der Waals surface area contributed by atoms with Gasteiger partial charge in [-0.15, -0.1) is 0 Å². The first-order valence-electron chi connectivity index (χ1n) is 8.90. The standard InChI is InChI=1S/C18H28N4O3/c1-3-19-18(21(2)11-8-15-9-12-25-13-10-15)20-14-16-4-6-17(7-5-16)22(23)24/h4-7,15H,3,8-14H2,1-2H3,(H,19,20). The quantitative estimate of drug-likeness (QED) is 0.355. The minimum Gasteiger partial charge on any atom is -0.381 e. The van der Waals surface area contributed by atoms with Gasteiger partial charge in [0.15, 0.2) is 5.96 Å². The van der Waals surface area contributed by atoms with Gasteiger partial charge in [0.05, 0.1) is 11.5 Å². The van der Waals surface area contributed by atoms with E-state index in [2.05, 4.69) is 22.3 Å². The lowest BCUT2D eigenvalue weighted by Crippen LogP contribution is -2.40. The Kier molecular flexibility index (Phi) is 7.66. The number of nitrogens with zero attached hydrogens (tertiary/aromatic N) is 3. The molecule has 0 bridgehead atoms. The number of nitrogens with one attached hydrogen (secondary N) is 1. The summed E-state index contributed by atoms with van der Waals surface area (Å²) >= 11 is 0. The molecule has 1 N–H and O–H groups in total. The van der Waals surface area contributed by atoms with Crippen LogP contribution in [0.25, 0.3) is 0 Å². The Balaban J connectivity index is 1.90. The Morgan fingerprint density at radius 1 is 1.36 bits per heavy atom. The minimum atomic E-state index is -0.388. The molecule has 1 aliphatic rings. The number of ether oxygens (including phenoxy) is 1. The molecular formula is C18H28N4O3. The van der Waals surface area contributed by atoms with Crippen LogP contribution in [-0.4, -0.2) is 49.1 Å². The lowest BCUT2D eigenvalue weighted by molar-refractivity contribution is -0.384. The second kappa shape index (κ2) is 9.98. The van der Waals surface area contributed by atoms with E-state index < -0.39 is 0 Å². The number of nitro benzene ring substituents is 1. The van der Waals surface area contributed by atoms with Gasteiger partial charge in [-0.2, -0.15) is 0 Å². The zero-order chi connectivity index (χ0) is 18.1. The van der Waals surface area contributed by atoms with Crippen LogP contribution in [0.2, 0.25) is 0 Å². The molecule has 138 valence electrons. The molecule has 1 aromatic rings. The molecule has 1 aliphatic heterocycles. The van der Waals surface area contributed by atoms with Gasteiger partial charge in [-0.25, -0.2) is 4.99 Å². The molecular weight excluding hydrogens is 320 g/mol. The van der Waals surface area contributed by atoms with Gasteiger partial charge in [0.2, 0.25) is 0 Å². The predicted molar refractivity (Wildman–Crippen MR) is 98.7 cm³/mol. The molecule has 2 rings (SSSR count). The maximum absolute atomic E-state index is 10.7. The van der Waals surface area contributed by atoms with Crippen molar-refractivity contribution in [2.75, 3.05) is 33.4 Å². The highest BCUT2D eigenvalue weighted by atomic mass is 16.6. The van der Waals surface area contributed by atoms with E-state index in [4.69, 9.17) is 4.74 Å². The van der Waals surface area contributed by atoms with Gasteiger partial charge in [0.25, 0.3) is 5.69 Å². The number of benzene rings is 1. The fraction of sp³-hybridized carbons (Fsp3) is 0.611. The molecule has 1 heterocycles. The molecule has 0 saturated carbocycles. The maximum atomic E-state index is 10.7. The summed E-state index contributed by atoms with van der Waals surface area (Å²) < 4.78 is 5.41. The molecule has 0 amide bonds. The number of rotatable bonds is 7. The zero-order valence-corrected chi connectivity index (χ0v) is 15.1. The lowest BCUT2D eigenvalue weighted by atomic mass is 9.96. The van der Waals surface area contributed by atoms with Gasteiger partial charge >= 0.3 is 0 Å². The van der Waals surface area contributed by atoms with Crippen molar-refractivity contribution in [3.63, 3.8) is 0 Å². The van der Waals surface area contributed by atoms with Crippen molar-refractivity contribution in [3.05, 3.63) is 39.9 Å². The van der Waals surface area contributed by atoms with Crippen molar-refractivity contribution in [2.45, 2.75) is 32.7 Å². The van der Waals surface area contributed by atoms with Gasteiger partial charge in [-0.3, -0.25) is 10.1 Å². The molecule has 1 aromatic carbocycles. The first-order chi connectivity index (χ1) is 12.1. The summed E-state index contributed by atoms with van der Waals surface area (Å²) in [7, 11) is 2.05. The van der Waals surface area contributed by atoms with Crippen molar-refractivity contribution in [1.29, 1.82) is 0 Å². The average molecular weight is 348 g/mol. The van der Waals surface area contributed by atoms with Crippen molar-refractivity contribution >= 4 is 11.6 Å². The van der Waals surface area contributed by atoms with Crippen molar-refractivity contribution in [2.24, 2.45) is 10.9 Å². The average Bonchev–Trinajstić information content (AvgIpc) is 2.64. The molecule has 0 atom stereocenters. The Hall–Kier alpha value is -2.15. The third kappa shape index (κ3) is 6.34. The summed E-state index contributed by atoms with van der Waals surface area (Å²) in [5.41, 5.74) is 1.06. The van der Waals surface area contributed by atoms with E-state index in [9.17, 15) is 10.1 Å². The molecule has 7 nitrogen and oxygen atoms in total. The van der Waals surface area contributed by atoms with Gasteiger partial charge in [-0.1, -0.05) is 12.1 Å². The van der Waals surface area contributed by atoms with Crippen LogP contribution < -0.4 is 5.32 Å². The molecule has 0 aliphatic carbocycles. The number of hydrogen-bond donors (Lipinski definition) is 1. The SMILES string of the molecule is CCNC(=NCc1ccc([N+](=O)[O-])cc1)N(C)CCC1CCOCC1. The highest BCUT2D eigenvalue weighted by molar-refractivity contribution is 5.79. The van der Waals surface area contributed by atoms with Gasteiger partial charge in [-0.05, 0) is 37.7 Å². The summed E-state index contributed by atoms with van der Waals surface area (Å²) in [6.07, 6.45) is 3.43. The second-order valence-electron chi connectivity index (χ2n) is 6.36. The molecule has 25 heavy (non-hydrogen) atoms. The van der Waals surface area contributed by atoms with E-state index in [0.29, 0.717) is 6.54 Å². The molecule has 1 saturated heterocycles. The summed E-state index contributed by atoms with van der Waals surface area (Å²) in [6.45, 7) is 6.07. The summed E-state index contributed by atoms with van der Waals surface area (Å²) in [4.78, 5) is 17.1. The first-order valence-corrected chi connectivity index (χ1v) is 8.90. The zero-order valence-electron chi connectivity index (χ0n) is 15.1. The molecule has 0 radical (unpaired) electrons. The van der Waals surface area contributed by atoms with Gasteiger partial charge < -0.3 is 15.0 Å². The fourth-order valence-corrected chi connectivity index (χ4v) is 2.88. The minimum absolute atomic E-state index is 0.105. The number of non-ortho nitro benzene ring substituents is 1. The first kappa shape index (κ1) is 19.2. The van der Waals surface area contributed by atoms with Crippen LogP contribution in [0.4, 0.5) is 5.69 Å². The van der Waals surface area contributed by atoms with E-state index in [1.165, 1.54) is 12.1 Å². The monoisotopic (exact) mass is 348 g/mol. The highest BCUT2D eigenvalue weighted by Gasteiger charge is 2.15. The topological polar surface area (TPSA) is 80.0 Å². The van der Waals surface area contributed by atoms with Crippen LogP contribution in [0.3, 0.4) is 0 Å². The van der Waals surface area contributed by atoms with Crippen LogP contribution in [0.1, 0.15) is 31.7 Å². The molecule has 0 aromatic heterocycles. The van der Waals surface area contributed by atoms with Crippen molar-refractivity contribution in [3.8, 4) is 0 Å². The van der Waals surface area contributed by atoms with Crippen LogP contribution in [-0.2, 0) is 11.3 Å². The van der Waals surface area contributed by atoms with E-state index in [1.807, 2.05) is 6.92 Å². The normalized spacial score (nSPS) is 15.8. The molecule has 7 heteroatoms. The largest absolute Gasteiger partial charge is 0.381 e. The summed E-state index contributed by atoms with van der Waals surface area (Å²) in [5, 5.41) is 14.0. The molecule has 1 fully saturated rings. The Morgan fingerprint density at radius 2 is 2.04 bits per heavy atom. The van der Waals surface area contributed by atoms with Crippen molar-refractivity contribution in [1.82, 2.24) is 10.2 Å². The van der Waals surface area contributed by atoms with Crippen LogP contribution in [0.15, 0.2) is 29.3 Å². The van der Waals surface area contributed by atoms with E-state index in [-0.39, 0.29) is 10.6 Å². The van der Waals surface area contributed by atoms with E-state index in [0.717, 1.165) is 63.0 Å². The van der Waals surface area contributed by atoms with Gasteiger partial charge in [0, 0.05) is 45.5 Å². The maximum Gasteiger partial charge on any atom is 0.269 e. The third-order valence-electron chi connectivity index (χ3n) is 4.47. The Labute approximate surface area is 149 Å². The number of hydrogen-bond acceptors (Lipinski definition) is 4. The third-order valence-corrected chi connectivity index (χ3v) is 4.47. The van der Waals surface area contributed by atoms with E-state index in [1.54, 1.807) is 12.1 Å². The van der Waals surface area contributed by atoms with Gasteiger partial charge in [0.1, 0.15) is 0 Å². The number of guanidine groups is 1. The summed E-state index contributed by atoms with van der Waals surface area (Å²) in [6, 6.07) is 6.56. The highest BCUT2D eigenvalue weighted by Crippen LogP contribution is 2.18. The van der Waals surface area contributed by atoms with Crippen LogP contribution >= 0.6 is 0 Å². The Morgan fingerprint density at radius 3 is 2.64 bits per heavy atom. The molecule has 0 spiro atoms. The van der Waals surface area contributed by atoms with Crippen LogP contribution in [0.5, 0.6) is 0 Å². The number of aliphatic imine (C=N–C) groups is 1. The van der Waals surface area contributed by atoms with E-state index >= 15 is 0 Å². The van der Waals surface area contributed by atoms with Crippen molar-refractivity contribution < 1.29 is 9.66 Å². The van der Waals surface area contributed by atoms with Crippen LogP contribution in [0, 0.1) is 16.0 Å². The predicted octanol–water partition coefficient (Wildman–Crippen LogP) is 2.81. The fourth-order valence-electron chi connectivity index (χ4n) is 2.88. The second-order valence-corrected chi connectivity index (χ2v) is 6.36. The lowest BCUT2D eigenvalue weighted by Gasteiger charge is -2.26. The smallest absolute Gasteiger partial charge is 0.269 e. The summed E-state index contributed by atoms with van der Waals surface area (Å²) in [5.74, 6) is 1.60. The molecule has 0 unspecified atom stereocenters. The Bertz CT molecular complexity index is 568. The number of nitro groups is 1.